The maximum atomic E-state index is 11.5. The third-order valence-corrected chi connectivity index (χ3v) is 2.81. The standard InChI is InChI=1S/C13H25N3O3/c1-2-3-4-5-6-7-12(18)16-13(19)10(14)8-9-11(15)17/h10H,2-9,14H2,1H3,(H2,15,17)(H,16,18,19)/t10-/m0/s1. The first-order valence-corrected chi connectivity index (χ1v) is 6.85. The van der Waals surface area contributed by atoms with Crippen molar-refractivity contribution in [2.24, 2.45) is 11.5 Å². The minimum absolute atomic E-state index is 0.0415. The molecular formula is C13H25N3O3. The Morgan fingerprint density at radius 3 is 2.26 bits per heavy atom. The first-order valence-electron chi connectivity index (χ1n) is 6.85. The van der Waals surface area contributed by atoms with Gasteiger partial charge >= 0.3 is 0 Å². The van der Waals surface area contributed by atoms with Crippen LogP contribution < -0.4 is 16.8 Å². The Labute approximate surface area is 114 Å². The van der Waals surface area contributed by atoms with E-state index < -0.39 is 17.9 Å². The molecule has 0 aromatic carbocycles. The number of carbonyl (C=O) groups is 3. The van der Waals surface area contributed by atoms with E-state index in [9.17, 15) is 14.4 Å². The highest BCUT2D eigenvalue weighted by atomic mass is 16.2. The van der Waals surface area contributed by atoms with E-state index in [-0.39, 0.29) is 18.7 Å². The minimum atomic E-state index is -0.864. The maximum Gasteiger partial charge on any atom is 0.243 e. The molecule has 110 valence electrons. The van der Waals surface area contributed by atoms with Crippen LogP contribution >= 0.6 is 0 Å². The Morgan fingerprint density at radius 1 is 1.05 bits per heavy atom. The molecule has 19 heavy (non-hydrogen) atoms. The average molecular weight is 271 g/mol. The number of amides is 3. The second-order valence-corrected chi connectivity index (χ2v) is 4.69. The molecule has 0 unspecified atom stereocenters. The van der Waals surface area contributed by atoms with Crippen molar-refractivity contribution in [3.63, 3.8) is 0 Å². The molecule has 1 atom stereocenters. The topological polar surface area (TPSA) is 115 Å². The average Bonchev–Trinajstić information content (AvgIpc) is 2.35. The first kappa shape index (κ1) is 17.6. The molecule has 0 bridgehead atoms. The number of imide groups is 1. The summed E-state index contributed by atoms with van der Waals surface area (Å²) in [5.74, 6) is -1.36. The quantitative estimate of drug-likeness (QED) is 0.504. The summed E-state index contributed by atoms with van der Waals surface area (Å²) >= 11 is 0. The van der Waals surface area contributed by atoms with Crippen LogP contribution in [-0.2, 0) is 14.4 Å². The molecule has 6 nitrogen and oxygen atoms in total. The molecule has 0 spiro atoms. The van der Waals surface area contributed by atoms with Gasteiger partial charge in [0.05, 0.1) is 6.04 Å². The highest BCUT2D eigenvalue weighted by Gasteiger charge is 2.16. The molecule has 0 aromatic rings. The van der Waals surface area contributed by atoms with Crippen LogP contribution in [0.2, 0.25) is 0 Å². The number of rotatable bonds is 10. The highest BCUT2D eigenvalue weighted by molar-refractivity contribution is 5.97. The lowest BCUT2D eigenvalue weighted by Crippen LogP contribution is -2.43. The van der Waals surface area contributed by atoms with Gasteiger partial charge in [0.1, 0.15) is 0 Å². The van der Waals surface area contributed by atoms with Crippen molar-refractivity contribution < 1.29 is 14.4 Å². The van der Waals surface area contributed by atoms with E-state index in [1.165, 1.54) is 6.42 Å². The van der Waals surface area contributed by atoms with Crippen LogP contribution in [0.15, 0.2) is 0 Å². The van der Waals surface area contributed by atoms with Crippen LogP contribution in [-0.4, -0.2) is 23.8 Å². The molecule has 0 fully saturated rings. The molecular weight excluding hydrogens is 246 g/mol. The van der Waals surface area contributed by atoms with Crippen LogP contribution in [0.3, 0.4) is 0 Å². The monoisotopic (exact) mass is 271 g/mol. The Kier molecular flexibility index (Phi) is 9.70. The fraction of sp³-hybridized carbons (Fsp3) is 0.769. The van der Waals surface area contributed by atoms with Crippen LogP contribution in [0.1, 0.15) is 58.3 Å². The van der Waals surface area contributed by atoms with E-state index in [0.29, 0.717) is 6.42 Å². The third kappa shape index (κ3) is 10.2. The van der Waals surface area contributed by atoms with Gasteiger partial charge in [0.15, 0.2) is 0 Å². The molecule has 0 aliphatic carbocycles. The number of unbranched alkanes of at least 4 members (excludes halogenated alkanes) is 4. The molecule has 0 aliphatic heterocycles. The van der Waals surface area contributed by atoms with Crippen molar-refractivity contribution in [2.75, 3.05) is 0 Å². The predicted octanol–water partition coefficient (Wildman–Crippen LogP) is 0.583. The maximum absolute atomic E-state index is 11.5. The number of hydrogen-bond donors (Lipinski definition) is 3. The fourth-order valence-corrected chi connectivity index (χ4v) is 1.61. The molecule has 3 amide bonds. The zero-order valence-electron chi connectivity index (χ0n) is 11.6. The van der Waals surface area contributed by atoms with Crippen molar-refractivity contribution in [1.29, 1.82) is 0 Å². The van der Waals surface area contributed by atoms with Crippen molar-refractivity contribution in [1.82, 2.24) is 5.32 Å². The van der Waals surface area contributed by atoms with Crippen LogP contribution in [0.4, 0.5) is 0 Å². The molecule has 0 saturated heterocycles. The van der Waals surface area contributed by atoms with E-state index in [1.54, 1.807) is 0 Å². The fourth-order valence-electron chi connectivity index (χ4n) is 1.61. The van der Waals surface area contributed by atoms with E-state index in [0.717, 1.165) is 25.7 Å². The molecule has 0 saturated carbocycles. The highest BCUT2D eigenvalue weighted by Crippen LogP contribution is 2.04. The van der Waals surface area contributed by atoms with E-state index >= 15 is 0 Å². The van der Waals surface area contributed by atoms with Crippen LogP contribution in [0.25, 0.3) is 0 Å². The number of primary amides is 1. The molecule has 5 N–H and O–H groups in total. The smallest absolute Gasteiger partial charge is 0.243 e. The van der Waals surface area contributed by atoms with Gasteiger partial charge in [0.25, 0.3) is 0 Å². The van der Waals surface area contributed by atoms with Crippen molar-refractivity contribution in [3.8, 4) is 0 Å². The molecule has 0 rings (SSSR count). The van der Waals surface area contributed by atoms with Crippen molar-refractivity contribution in [2.45, 2.75) is 64.3 Å². The minimum Gasteiger partial charge on any atom is -0.370 e. The largest absolute Gasteiger partial charge is 0.370 e. The Balaban J connectivity index is 3.73. The van der Waals surface area contributed by atoms with Gasteiger partial charge in [-0.2, -0.15) is 0 Å². The summed E-state index contributed by atoms with van der Waals surface area (Å²) in [6, 6.07) is -0.864. The molecule has 0 heterocycles. The molecule has 6 heteroatoms. The normalized spacial score (nSPS) is 11.9. The summed E-state index contributed by atoms with van der Waals surface area (Å²) in [5.41, 5.74) is 10.5. The van der Waals surface area contributed by atoms with Gasteiger partial charge in [0.2, 0.25) is 17.7 Å². The number of carbonyl (C=O) groups excluding carboxylic acids is 3. The SMILES string of the molecule is CCCCCCCC(=O)NC(=O)[C@@H](N)CCC(N)=O. The van der Waals surface area contributed by atoms with E-state index in [2.05, 4.69) is 12.2 Å². The number of hydrogen-bond acceptors (Lipinski definition) is 4. The number of nitrogens with two attached hydrogens (primary N) is 2. The molecule has 0 aliphatic rings. The summed E-state index contributed by atoms with van der Waals surface area (Å²) in [4.78, 5) is 33.5. The first-order chi connectivity index (χ1) is 8.97. The van der Waals surface area contributed by atoms with Gasteiger partial charge in [-0.15, -0.1) is 0 Å². The Bertz CT molecular complexity index is 306. The lowest BCUT2D eigenvalue weighted by atomic mass is 10.1. The van der Waals surface area contributed by atoms with Gasteiger partial charge < -0.3 is 11.5 Å². The zero-order chi connectivity index (χ0) is 14.7. The summed E-state index contributed by atoms with van der Waals surface area (Å²) in [5, 5.41) is 2.24. The summed E-state index contributed by atoms with van der Waals surface area (Å²) in [6.45, 7) is 2.12. The van der Waals surface area contributed by atoms with Gasteiger partial charge in [-0.1, -0.05) is 32.6 Å². The molecule has 0 aromatic heterocycles. The lowest BCUT2D eigenvalue weighted by Gasteiger charge is -2.10. The Morgan fingerprint density at radius 2 is 1.68 bits per heavy atom. The lowest BCUT2D eigenvalue weighted by molar-refractivity contribution is -0.131. The van der Waals surface area contributed by atoms with Gasteiger partial charge in [-0.3, -0.25) is 19.7 Å². The van der Waals surface area contributed by atoms with Crippen molar-refractivity contribution >= 4 is 17.7 Å². The number of nitrogens with one attached hydrogen (secondary N) is 1. The predicted molar refractivity (Wildman–Crippen MR) is 72.9 cm³/mol. The van der Waals surface area contributed by atoms with Gasteiger partial charge in [-0.05, 0) is 12.8 Å². The van der Waals surface area contributed by atoms with Gasteiger partial charge in [0, 0.05) is 12.8 Å². The molecule has 0 radical (unpaired) electrons. The van der Waals surface area contributed by atoms with Gasteiger partial charge in [-0.25, -0.2) is 0 Å². The second kappa shape index (κ2) is 10.5. The summed E-state index contributed by atoms with van der Waals surface area (Å²) < 4.78 is 0. The van der Waals surface area contributed by atoms with E-state index in [4.69, 9.17) is 11.5 Å². The van der Waals surface area contributed by atoms with Crippen LogP contribution in [0.5, 0.6) is 0 Å². The van der Waals surface area contributed by atoms with E-state index in [1.807, 2.05) is 0 Å². The van der Waals surface area contributed by atoms with Crippen LogP contribution in [0, 0.1) is 0 Å². The second-order valence-electron chi connectivity index (χ2n) is 4.69. The zero-order valence-corrected chi connectivity index (χ0v) is 11.6. The third-order valence-electron chi connectivity index (χ3n) is 2.81. The summed E-state index contributed by atoms with van der Waals surface area (Å²) in [6.07, 6.45) is 5.72. The van der Waals surface area contributed by atoms with Crippen molar-refractivity contribution in [3.05, 3.63) is 0 Å². The Hall–Kier alpha value is -1.43. The summed E-state index contributed by atoms with van der Waals surface area (Å²) in [7, 11) is 0.